The second kappa shape index (κ2) is 10.8. The van der Waals surface area contributed by atoms with Crippen molar-refractivity contribution >= 4 is 29.4 Å². The highest BCUT2D eigenvalue weighted by Crippen LogP contribution is 2.20. The number of carbonyl (C=O) groups is 3. The lowest BCUT2D eigenvalue weighted by Crippen LogP contribution is -2.32. The monoisotopic (exact) mass is 430 g/mol. The number of carbonyl (C=O) groups excluding carboxylic acids is 3. The first-order valence-corrected chi connectivity index (χ1v) is 10.1. The van der Waals surface area contributed by atoms with Crippen molar-refractivity contribution in [3.05, 3.63) is 69.7 Å². The number of nitrogens with one attached hydrogen (secondary N) is 2. The van der Waals surface area contributed by atoms with Crippen molar-refractivity contribution in [1.29, 1.82) is 0 Å². The largest absolute Gasteiger partial charge is 0.456 e. The van der Waals surface area contributed by atoms with Gasteiger partial charge in [0.2, 0.25) is 5.91 Å². The van der Waals surface area contributed by atoms with E-state index in [2.05, 4.69) is 10.6 Å². The summed E-state index contributed by atoms with van der Waals surface area (Å²) in [5.74, 6) is -1.25. The van der Waals surface area contributed by atoms with Crippen LogP contribution < -0.4 is 10.6 Å². The summed E-state index contributed by atoms with van der Waals surface area (Å²) in [4.78, 5) is 35.9. The van der Waals surface area contributed by atoms with Crippen LogP contribution in [0.15, 0.2) is 42.5 Å². The van der Waals surface area contributed by atoms with Crippen LogP contribution in [-0.2, 0) is 19.1 Å². The van der Waals surface area contributed by atoms with Gasteiger partial charge in [0.15, 0.2) is 6.61 Å². The van der Waals surface area contributed by atoms with Gasteiger partial charge in [-0.2, -0.15) is 0 Å². The Balaban J connectivity index is 1.89. The van der Waals surface area contributed by atoms with Crippen molar-refractivity contribution < 1.29 is 19.1 Å². The van der Waals surface area contributed by atoms with Gasteiger partial charge in [0.05, 0.1) is 18.5 Å². The molecule has 2 amide bonds. The molecule has 7 heteroatoms. The maximum absolute atomic E-state index is 12.2. The third kappa shape index (κ3) is 7.19. The smallest absolute Gasteiger partial charge is 0.308 e. The molecular formula is C23H27ClN2O4. The first kappa shape index (κ1) is 23.4. The number of rotatable bonds is 8. The molecule has 6 nitrogen and oxygen atoms in total. The van der Waals surface area contributed by atoms with Gasteiger partial charge in [-0.1, -0.05) is 41.9 Å². The number of amides is 2. The summed E-state index contributed by atoms with van der Waals surface area (Å²) in [5.41, 5.74) is 4.03. The summed E-state index contributed by atoms with van der Waals surface area (Å²) in [7, 11) is 0. The Labute approximate surface area is 182 Å². The standard InChI is InChI=1S/C23H27ClN2O4/c1-14-5-6-19(11-15(14)2)16(3)25-22(28)13-30-23(29)12-21(26-17(4)27)18-7-9-20(24)10-8-18/h5-11,16,21H,12-13H2,1-4H3,(H,25,28)(H,26,27). The average Bonchev–Trinajstić information content (AvgIpc) is 2.68. The molecule has 0 radical (unpaired) electrons. The van der Waals surface area contributed by atoms with Gasteiger partial charge in [-0.15, -0.1) is 0 Å². The molecule has 0 aliphatic rings. The highest BCUT2D eigenvalue weighted by atomic mass is 35.5. The van der Waals surface area contributed by atoms with Crippen molar-refractivity contribution in [3.63, 3.8) is 0 Å². The molecule has 30 heavy (non-hydrogen) atoms. The average molecular weight is 431 g/mol. The van der Waals surface area contributed by atoms with Gasteiger partial charge >= 0.3 is 5.97 Å². The Kier molecular flexibility index (Phi) is 8.42. The number of ether oxygens (including phenoxy) is 1. The molecule has 160 valence electrons. The van der Waals surface area contributed by atoms with E-state index in [0.717, 1.165) is 16.7 Å². The zero-order valence-corrected chi connectivity index (χ0v) is 18.4. The molecule has 0 aliphatic carbocycles. The molecule has 0 aromatic heterocycles. The molecule has 0 saturated carbocycles. The zero-order chi connectivity index (χ0) is 22.3. The maximum Gasteiger partial charge on any atom is 0.308 e. The van der Waals surface area contributed by atoms with Crippen LogP contribution in [-0.4, -0.2) is 24.4 Å². The number of aryl methyl sites for hydroxylation is 2. The predicted octanol–water partition coefficient (Wildman–Crippen LogP) is 3.94. The van der Waals surface area contributed by atoms with Gasteiger partial charge in [-0.3, -0.25) is 14.4 Å². The van der Waals surface area contributed by atoms with Crippen LogP contribution in [0, 0.1) is 13.8 Å². The van der Waals surface area contributed by atoms with Crippen molar-refractivity contribution in [1.82, 2.24) is 10.6 Å². The third-order valence-corrected chi connectivity index (χ3v) is 5.05. The molecule has 2 unspecified atom stereocenters. The summed E-state index contributed by atoms with van der Waals surface area (Å²) in [6.45, 7) is 6.90. The molecule has 0 spiro atoms. The van der Waals surface area contributed by atoms with E-state index in [1.807, 2.05) is 39.0 Å². The highest BCUT2D eigenvalue weighted by molar-refractivity contribution is 6.30. The van der Waals surface area contributed by atoms with Crippen molar-refractivity contribution in [2.24, 2.45) is 0 Å². The van der Waals surface area contributed by atoms with E-state index >= 15 is 0 Å². The van der Waals surface area contributed by atoms with Gasteiger partial charge in [-0.25, -0.2) is 0 Å². The van der Waals surface area contributed by atoms with E-state index in [1.54, 1.807) is 24.3 Å². The molecule has 0 bridgehead atoms. The molecular weight excluding hydrogens is 404 g/mol. The third-order valence-electron chi connectivity index (χ3n) is 4.79. The molecule has 0 fully saturated rings. The molecule has 2 aromatic carbocycles. The van der Waals surface area contributed by atoms with Crippen molar-refractivity contribution in [3.8, 4) is 0 Å². The minimum Gasteiger partial charge on any atom is -0.456 e. The normalized spacial score (nSPS) is 12.6. The van der Waals surface area contributed by atoms with Crippen LogP contribution in [0.4, 0.5) is 0 Å². The SMILES string of the molecule is CC(=O)NC(CC(=O)OCC(=O)NC(C)c1ccc(C)c(C)c1)c1ccc(Cl)cc1. The number of hydrogen-bond acceptors (Lipinski definition) is 4. The first-order chi connectivity index (χ1) is 14.2. The minimum absolute atomic E-state index is 0.0960. The topological polar surface area (TPSA) is 84.5 Å². The van der Waals surface area contributed by atoms with E-state index in [9.17, 15) is 14.4 Å². The van der Waals surface area contributed by atoms with Crippen LogP contribution in [0.3, 0.4) is 0 Å². The lowest BCUT2D eigenvalue weighted by molar-refractivity contribution is -0.149. The second-order valence-electron chi connectivity index (χ2n) is 7.30. The Morgan fingerprint density at radius 3 is 2.20 bits per heavy atom. The lowest BCUT2D eigenvalue weighted by Gasteiger charge is -2.18. The molecule has 0 aliphatic heterocycles. The van der Waals surface area contributed by atoms with Crippen molar-refractivity contribution in [2.75, 3.05) is 6.61 Å². The molecule has 2 rings (SSSR count). The maximum atomic E-state index is 12.2. The lowest BCUT2D eigenvalue weighted by atomic mass is 10.0. The Morgan fingerprint density at radius 1 is 0.967 bits per heavy atom. The molecule has 2 N–H and O–H groups in total. The van der Waals surface area contributed by atoms with Crippen molar-refractivity contribution in [2.45, 2.75) is 46.2 Å². The molecule has 2 atom stereocenters. The van der Waals surface area contributed by atoms with E-state index < -0.39 is 17.9 Å². The van der Waals surface area contributed by atoms with Crippen LogP contribution in [0.1, 0.15) is 54.6 Å². The summed E-state index contributed by atoms with van der Waals surface area (Å²) in [5, 5.41) is 6.09. The molecule has 2 aromatic rings. The fourth-order valence-corrected chi connectivity index (χ4v) is 3.09. The van der Waals surface area contributed by atoms with E-state index in [0.29, 0.717) is 5.02 Å². The number of hydrogen-bond donors (Lipinski definition) is 2. The van der Waals surface area contributed by atoms with Gasteiger partial charge in [-0.05, 0) is 55.2 Å². The van der Waals surface area contributed by atoms with Crippen LogP contribution in [0.5, 0.6) is 0 Å². The minimum atomic E-state index is -0.585. The summed E-state index contributed by atoms with van der Waals surface area (Å²) >= 11 is 5.89. The van der Waals surface area contributed by atoms with Gasteiger partial charge in [0, 0.05) is 11.9 Å². The second-order valence-corrected chi connectivity index (χ2v) is 7.74. The number of halogens is 1. The van der Waals surface area contributed by atoms with Crippen LogP contribution in [0.25, 0.3) is 0 Å². The molecule has 0 heterocycles. The number of benzene rings is 2. The quantitative estimate of drug-likeness (QED) is 0.621. The fourth-order valence-electron chi connectivity index (χ4n) is 2.96. The highest BCUT2D eigenvalue weighted by Gasteiger charge is 2.19. The van der Waals surface area contributed by atoms with E-state index in [4.69, 9.17) is 16.3 Å². The first-order valence-electron chi connectivity index (χ1n) is 9.70. The Hall–Kier alpha value is -2.86. The van der Waals surface area contributed by atoms with Crippen LogP contribution >= 0.6 is 11.6 Å². The van der Waals surface area contributed by atoms with E-state index in [1.165, 1.54) is 12.5 Å². The van der Waals surface area contributed by atoms with Gasteiger partial charge in [0.25, 0.3) is 5.91 Å². The summed E-state index contributed by atoms with van der Waals surface area (Å²) < 4.78 is 5.11. The summed E-state index contributed by atoms with van der Waals surface area (Å²) in [6, 6.07) is 12.0. The number of esters is 1. The Morgan fingerprint density at radius 2 is 1.60 bits per heavy atom. The zero-order valence-electron chi connectivity index (χ0n) is 17.6. The molecule has 0 saturated heterocycles. The van der Waals surface area contributed by atoms with Gasteiger partial charge < -0.3 is 15.4 Å². The van der Waals surface area contributed by atoms with Crippen LogP contribution in [0.2, 0.25) is 5.02 Å². The predicted molar refractivity (Wildman–Crippen MR) is 116 cm³/mol. The van der Waals surface area contributed by atoms with Gasteiger partial charge in [0.1, 0.15) is 0 Å². The fraction of sp³-hybridized carbons (Fsp3) is 0.348. The summed E-state index contributed by atoms with van der Waals surface area (Å²) in [6.07, 6.45) is -0.0960. The Bertz CT molecular complexity index is 912. The van der Waals surface area contributed by atoms with E-state index in [-0.39, 0.29) is 25.0 Å².